The van der Waals surface area contributed by atoms with Gasteiger partial charge in [0.05, 0.1) is 16.0 Å². The highest BCUT2D eigenvalue weighted by molar-refractivity contribution is 9.10. The number of rotatable bonds is 5. The molecule has 0 aliphatic rings. The third kappa shape index (κ3) is 4.58. The van der Waals surface area contributed by atoms with E-state index in [2.05, 4.69) is 26.5 Å². The molecule has 2 rings (SSSR count). The van der Waals surface area contributed by atoms with Crippen LogP contribution in [0.1, 0.15) is 5.56 Å². The molecule has 0 aliphatic carbocycles. The van der Waals surface area contributed by atoms with Crippen molar-refractivity contribution in [2.75, 3.05) is 5.43 Å². The average Bonchev–Trinajstić information content (AvgIpc) is 2.46. The van der Waals surface area contributed by atoms with Crippen LogP contribution in [0, 0.1) is 10.1 Å². The van der Waals surface area contributed by atoms with Crippen molar-refractivity contribution in [2.45, 2.75) is 4.90 Å². The standard InChI is InChI=1S/C13H11BrN4O4S/c14-10-3-1-2-9(6-10)8-16-17-12-5-4-11(23(15,21)22)7-13(12)18(19)20/h1-8,17H,(H2,15,21,22). The second-order valence-corrected chi connectivity index (χ2v) is 6.88. The molecule has 23 heavy (non-hydrogen) atoms. The minimum absolute atomic E-state index is 0.0497. The molecule has 0 aliphatic heterocycles. The summed E-state index contributed by atoms with van der Waals surface area (Å²) in [6, 6.07) is 10.6. The van der Waals surface area contributed by atoms with Crippen LogP contribution in [-0.2, 0) is 10.0 Å². The zero-order chi connectivity index (χ0) is 17.0. The normalized spacial score (nSPS) is 11.6. The van der Waals surface area contributed by atoms with Gasteiger partial charge in [0.25, 0.3) is 5.69 Å². The number of nitrogens with one attached hydrogen (secondary N) is 1. The van der Waals surface area contributed by atoms with E-state index in [0.29, 0.717) is 0 Å². The second-order valence-electron chi connectivity index (χ2n) is 4.41. The number of hydrogen-bond acceptors (Lipinski definition) is 6. The molecule has 0 saturated carbocycles. The molecule has 0 atom stereocenters. The maximum Gasteiger partial charge on any atom is 0.295 e. The van der Waals surface area contributed by atoms with Crippen molar-refractivity contribution in [3.05, 3.63) is 62.6 Å². The number of nitro groups is 1. The third-order valence-electron chi connectivity index (χ3n) is 2.74. The molecular formula is C13H11BrN4O4S. The van der Waals surface area contributed by atoms with Gasteiger partial charge in [0.15, 0.2) is 0 Å². The summed E-state index contributed by atoms with van der Waals surface area (Å²) in [5.74, 6) is 0. The van der Waals surface area contributed by atoms with Gasteiger partial charge in [-0.2, -0.15) is 5.10 Å². The van der Waals surface area contributed by atoms with Crippen LogP contribution in [0.4, 0.5) is 11.4 Å². The summed E-state index contributed by atoms with van der Waals surface area (Å²) in [5.41, 5.74) is 2.90. The molecule has 120 valence electrons. The van der Waals surface area contributed by atoms with Crippen molar-refractivity contribution in [3.8, 4) is 0 Å². The fourth-order valence-corrected chi connectivity index (χ4v) is 2.65. The molecule has 0 spiro atoms. The number of nitrogens with zero attached hydrogens (tertiary/aromatic N) is 2. The smallest absolute Gasteiger partial charge is 0.272 e. The van der Waals surface area contributed by atoms with Gasteiger partial charge in [0, 0.05) is 10.5 Å². The lowest BCUT2D eigenvalue weighted by Crippen LogP contribution is -2.12. The zero-order valence-electron chi connectivity index (χ0n) is 11.5. The maximum absolute atomic E-state index is 11.3. The van der Waals surface area contributed by atoms with Crippen molar-refractivity contribution >= 4 is 43.5 Å². The molecule has 0 fully saturated rings. The summed E-state index contributed by atoms with van der Waals surface area (Å²) >= 11 is 3.32. The minimum Gasteiger partial charge on any atom is -0.272 e. The van der Waals surface area contributed by atoms with Crippen LogP contribution in [0.15, 0.2) is 56.9 Å². The first-order valence-electron chi connectivity index (χ1n) is 6.13. The summed E-state index contributed by atoms with van der Waals surface area (Å²) in [4.78, 5) is 9.99. The topological polar surface area (TPSA) is 128 Å². The number of sulfonamides is 1. The molecule has 0 amide bonds. The van der Waals surface area contributed by atoms with Gasteiger partial charge in [0.2, 0.25) is 10.0 Å². The van der Waals surface area contributed by atoms with Crippen LogP contribution in [0.3, 0.4) is 0 Å². The average molecular weight is 399 g/mol. The lowest BCUT2D eigenvalue weighted by Gasteiger charge is -2.04. The summed E-state index contributed by atoms with van der Waals surface area (Å²) in [6.45, 7) is 0. The van der Waals surface area contributed by atoms with E-state index in [0.717, 1.165) is 16.1 Å². The first-order chi connectivity index (χ1) is 10.8. The van der Waals surface area contributed by atoms with Crippen molar-refractivity contribution in [1.82, 2.24) is 0 Å². The fraction of sp³-hybridized carbons (Fsp3) is 0. The van der Waals surface area contributed by atoms with Gasteiger partial charge in [-0.05, 0) is 29.8 Å². The molecule has 0 aromatic heterocycles. The maximum atomic E-state index is 11.3. The molecule has 8 nitrogen and oxygen atoms in total. The van der Waals surface area contributed by atoms with E-state index in [4.69, 9.17) is 5.14 Å². The van der Waals surface area contributed by atoms with Crippen LogP contribution in [0.2, 0.25) is 0 Å². The minimum atomic E-state index is -4.02. The van der Waals surface area contributed by atoms with E-state index >= 15 is 0 Å². The molecule has 0 bridgehead atoms. The van der Waals surface area contributed by atoms with Gasteiger partial charge in [-0.15, -0.1) is 0 Å². The predicted molar refractivity (Wildman–Crippen MR) is 89.8 cm³/mol. The molecule has 0 heterocycles. The van der Waals surface area contributed by atoms with Crippen molar-refractivity contribution in [1.29, 1.82) is 0 Å². The fourth-order valence-electron chi connectivity index (χ4n) is 1.70. The summed E-state index contributed by atoms with van der Waals surface area (Å²) in [6.07, 6.45) is 1.47. The van der Waals surface area contributed by atoms with Gasteiger partial charge in [-0.25, -0.2) is 13.6 Å². The van der Waals surface area contributed by atoms with Crippen LogP contribution < -0.4 is 10.6 Å². The number of nitro benzene ring substituents is 1. The first-order valence-corrected chi connectivity index (χ1v) is 8.47. The van der Waals surface area contributed by atoms with Crippen LogP contribution in [0.25, 0.3) is 0 Å². The Morgan fingerprint density at radius 3 is 2.61 bits per heavy atom. The van der Waals surface area contributed by atoms with Gasteiger partial charge in [0.1, 0.15) is 5.69 Å². The van der Waals surface area contributed by atoms with Crippen molar-refractivity contribution in [3.63, 3.8) is 0 Å². The Morgan fingerprint density at radius 2 is 2.00 bits per heavy atom. The van der Waals surface area contributed by atoms with Gasteiger partial charge < -0.3 is 0 Å². The van der Waals surface area contributed by atoms with Crippen LogP contribution >= 0.6 is 15.9 Å². The Morgan fingerprint density at radius 1 is 1.26 bits per heavy atom. The Balaban J connectivity index is 2.27. The molecular weight excluding hydrogens is 388 g/mol. The Labute approximate surface area is 140 Å². The zero-order valence-corrected chi connectivity index (χ0v) is 13.9. The van der Waals surface area contributed by atoms with E-state index in [1.54, 1.807) is 6.07 Å². The second kappa shape index (κ2) is 6.86. The van der Waals surface area contributed by atoms with Gasteiger partial charge >= 0.3 is 0 Å². The van der Waals surface area contributed by atoms with Crippen molar-refractivity contribution < 1.29 is 13.3 Å². The van der Waals surface area contributed by atoms with Crippen molar-refractivity contribution in [2.24, 2.45) is 10.2 Å². The molecule has 0 unspecified atom stereocenters. The molecule has 10 heteroatoms. The number of hydrogen-bond donors (Lipinski definition) is 2. The van der Waals surface area contributed by atoms with Gasteiger partial charge in [-0.1, -0.05) is 28.1 Å². The summed E-state index contributed by atoms with van der Waals surface area (Å²) in [5, 5.41) is 19.9. The largest absolute Gasteiger partial charge is 0.295 e. The van der Waals surface area contributed by atoms with E-state index in [9.17, 15) is 18.5 Å². The quantitative estimate of drug-likeness (QED) is 0.454. The third-order valence-corrected chi connectivity index (χ3v) is 4.15. The highest BCUT2D eigenvalue weighted by atomic mass is 79.9. The molecule has 2 aromatic rings. The summed E-state index contributed by atoms with van der Waals surface area (Å²) in [7, 11) is -4.02. The van der Waals surface area contributed by atoms with Crippen LogP contribution in [0.5, 0.6) is 0 Å². The van der Waals surface area contributed by atoms with E-state index < -0.39 is 20.6 Å². The van der Waals surface area contributed by atoms with Gasteiger partial charge in [-0.3, -0.25) is 15.5 Å². The summed E-state index contributed by atoms with van der Waals surface area (Å²) < 4.78 is 23.4. The Hall–Kier alpha value is -2.30. The number of benzene rings is 2. The lowest BCUT2D eigenvalue weighted by atomic mass is 10.2. The highest BCUT2D eigenvalue weighted by Gasteiger charge is 2.18. The Bertz CT molecular complexity index is 883. The molecule has 3 N–H and O–H groups in total. The van der Waals surface area contributed by atoms with E-state index in [1.807, 2.05) is 18.2 Å². The van der Waals surface area contributed by atoms with E-state index in [-0.39, 0.29) is 10.6 Å². The molecule has 0 saturated heterocycles. The monoisotopic (exact) mass is 398 g/mol. The Kier molecular flexibility index (Phi) is 5.08. The molecule has 2 aromatic carbocycles. The lowest BCUT2D eigenvalue weighted by molar-refractivity contribution is -0.384. The van der Waals surface area contributed by atoms with Crippen LogP contribution in [-0.4, -0.2) is 19.6 Å². The molecule has 0 radical (unpaired) electrons. The number of halogens is 1. The predicted octanol–water partition coefficient (Wildman–Crippen LogP) is 2.45. The number of hydrazone groups is 1. The van der Waals surface area contributed by atoms with E-state index in [1.165, 1.54) is 18.3 Å². The SMILES string of the molecule is NS(=O)(=O)c1ccc(NN=Cc2cccc(Br)c2)c([N+](=O)[O-])c1. The number of anilines is 1. The number of nitrogens with two attached hydrogens (primary N) is 1. The highest BCUT2D eigenvalue weighted by Crippen LogP contribution is 2.27. The first kappa shape index (κ1) is 17.1. The number of primary sulfonamides is 1.